The van der Waals surface area contributed by atoms with Gasteiger partial charge >= 0.3 is 0 Å². The maximum atomic E-state index is 12.2. The van der Waals surface area contributed by atoms with E-state index in [0.717, 1.165) is 31.5 Å². The predicted molar refractivity (Wildman–Crippen MR) is 81.1 cm³/mol. The molecule has 0 aliphatic carbocycles. The van der Waals surface area contributed by atoms with Gasteiger partial charge in [0.25, 0.3) is 0 Å². The molecule has 1 aromatic carbocycles. The van der Waals surface area contributed by atoms with Gasteiger partial charge in [0.15, 0.2) is 0 Å². The van der Waals surface area contributed by atoms with E-state index in [0.29, 0.717) is 12.2 Å². The van der Waals surface area contributed by atoms with Gasteiger partial charge in [0.2, 0.25) is 11.8 Å². The molecule has 0 unspecified atom stereocenters. The molecule has 6 nitrogen and oxygen atoms in total. The number of anilines is 1. The number of primary amides is 1. The summed E-state index contributed by atoms with van der Waals surface area (Å²) in [5.74, 6) is -0.384. The topological polar surface area (TPSA) is 92.7 Å². The molecule has 0 spiro atoms. The molecule has 1 heterocycles. The molecule has 1 aliphatic rings. The zero-order valence-corrected chi connectivity index (χ0v) is 12.1. The lowest BCUT2D eigenvalue weighted by Crippen LogP contribution is -2.42. The van der Waals surface area contributed by atoms with Crippen molar-refractivity contribution in [2.45, 2.75) is 19.4 Å². The summed E-state index contributed by atoms with van der Waals surface area (Å²) in [5, 5.41) is 0. The van der Waals surface area contributed by atoms with E-state index >= 15 is 0 Å². The smallest absolute Gasteiger partial charge is 0.236 e. The van der Waals surface area contributed by atoms with Crippen molar-refractivity contribution in [3.63, 3.8) is 0 Å². The number of nitrogens with zero attached hydrogens (tertiary/aromatic N) is 2. The number of nitrogen functional groups attached to an aromatic ring is 1. The molecule has 6 heteroatoms. The highest BCUT2D eigenvalue weighted by Crippen LogP contribution is 2.12. The van der Waals surface area contributed by atoms with Crippen molar-refractivity contribution in [1.29, 1.82) is 0 Å². The largest absolute Gasteiger partial charge is 0.399 e. The number of carbonyl (C=O) groups excluding carboxylic acids is 2. The summed E-state index contributed by atoms with van der Waals surface area (Å²) in [6.45, 7) is 2.36. The Morgan fingerprint density at radius 3 is 2.52 bits per heavy atom. The molecule has 0 aromatic heterocycles. The van der Waals surface area contributed by atoms with Crippen LogP contribution < -0.4 is 11.5 Å². The van der Waals surface area contributed by atoms with Gasteiger partial charge in [0, 0.05) is 25.3 Å². The molecule has 21 heavy (non-hydrogen) atoms. The second-order valence-corrected chi connectivity index (χ2v) is 5.44. The Morgan fingerprint density at radius 1 is 1.19 bits per heavy atom. The van der Waals surface area contributed by atoms with E-state index in [2.05, 4.69) is 0 Å². The van der Waals surface area contributed by atoms with E-state index in [9.17, 15) is 9.59 Å². The highest BCUT2D eigenvalue weighted by molar-refractivity contribution is 5.80. The molecule has 114 valence electrons. The minimum Gasteiger partial charge on any atom is -0.399 e. The van der Waals surface area contributed by atoms with Crippen LogP contribution in [0.3, 0.4) is 0 Å². The molecule has 1 saturated heterocycles. The van der Waals surface area contributed by atoms with Gasteiger partial charge in [0.1, 0.15) is 0 Å². The van der Waals surface area contributed by atoms with E-state index in [-0.39, 0.29) is 19.0 Å². The summed E-state index contributed by atoms with van der Waals surface area (Å²) in [6.07, 6.45) is 2.10. The number of benzene rings is 1. The van der Waals surface area contributed by atoms with Crippen molar-refractivity contribution in [2.75, 3.05) is 31.9 Å². The third-order valence-corrected chi connectivity index (χ3v) is 3.55. The number of rotatable bonds is 6. The average Bonchev–Trinajstić information content (AvgIpc) is 2.91. The van der Waals surface area contributed by atoms with Gasteiger partial charge in [-0.3, -0.25) is 14.5 Å². The van der Waals surface area contributed by atoms with Crippen molar-refractivity contribution in [3.8, 4) is 0 Å². The Labute approximate surface area is 124 Å². The molecule has 1 aliphatic heterocycles. The first kappa shape index (κ1) is 15.3. The minimum atomic E-state index is -0.437. The fourth-order valence-electron chi connectivity index (χ4n) is 2.60. The molecule has 2 rings (SSSR count). The lowest BCUT2D eigenvalue weighted by atomic mass is 10.2. The zero-order valence-electron chi connectivity index (χ0n) is 12.1. The van der Waals surface area contributed by atoms with Crippen molar-refractivity contribution in [1.82, 2.24) is 9.80 Å². The molecule has 0 saturated carbocycles. The van der Waals surface area contributed by atoms with Crippen LogP contribution in [0.4, 0.5) is 5.69 Å². The molecular weight excluding hydrogens is 268 g/mol. The number of amides is 2. The molecule has 4 N–H and O–H groups in total. The van der Waals surface area contributed by atoms with E-state index in [4.69, 9.17) is 11.5 Å². The van der Waals surface area contributed by atoms with Crippen molar-refractivity contribution in [2.24, 2.45) is 5.73 Å². The van der Waals surface area contributed by atoms with Crippen LogP contribution in [0.1, 0.15) is 18.4 Å². The maximum Gasteiger partial charge on any atom is 0.236 e. The predicted octanol–water partition coefficient (Wildman–Crippen LogP) is 0.179. The second kappa shape index (κ2) is 7.08. The van der Waals surface area contributed by atoms with E-state index < -0.39 is 5.91 Å². The molecule has 0 atom stereocenters. The van der Waals surface area contributed by atoms with Gasteiger partial charge in [-0.2, -0.15) is 0 Å². The first-order valence-electron chi connectivity index (χ1n) is 7.17. The second-order valence-electron chi connectivity index (χ2n) is 5.44. The number of hydrogen-bond donors (Lipinski definition) is 2. The van der Waals surface area contributed by atoms with Crippen LogP contribution in [-0.2, 0) is 16.1 Å². The normalized spacial score (nSPS) is 14.6. The lowest BCUT2D eigenvalue weighted by molar-refractivity contribution is -0.132. The first-order chi connectivity index (χ1) is 10.0. The van der Waals surface area contributed by atoms with Crippen LogP contribution in [-0.4, -0.2) is 47.8 Å². The van der Waals surface area contributed by atoms with Crippen molar-refractivity contribution >= 4 is 17.5 Å². The van der Waals surface area contributed by atoms with Crippen LogP contribution >= 0.6 is 0 Å². The van der Waals surface area contributed by atoms with Gasteiger partial charge in [-0.25, -0.2) is 0 Å². The number of likely N-dealkylation sites (tertiary alicyclic amines) is 1. The molecule has 1 fully saturated rings. The van der Waals surface area contributed by atoms with Crippen LogP contribution in [0, 0.1) is 0 Å². The maximum absolute atomic E-state index is 12.2. The van der Waals surface area contributed by atoms with Gasteiger partial charge in [-0.15, -0.1) is 0 Å². The summed E-state index contributed by atoms with van der Waals surface area (Å²) >= 11 is 0. The third kappa shape index (κ3) is 4.75. The molecule has 0 bridgehead atoms. The summed E-state index contributed by atoms with van der Waals surface area (Å²) in [6, 6.07) is 7.42. The standard InChI is InChI=1S/C15H22N4O2/c16-13-5-3-4-12(8-13)9-18(10-14(17)20)11-15(21)19-6-1-2-7-19/h3-5,8H,1-2,6-7,9-11,16H2,(H2,17,20). The summed E-state index contributed by atoms with van der Waals surface area (Å²) < 4.78 is 0. The highest BCUT2D eigenvalue weighted by Gasteiger charge is 2.21. The van der Waals surface area contributed by atoms with Crippen LogP contribution in [0.5, 0.6) is 0 Å². The molecule has 2 amide bonds. The minimum absolute atomic E-state index is 0.0534. The van der Waals surface area contributed by atoms with Crippen molar-refractivity contribution in [3.05, 3.63) is 29.8 Å². The Kier molecular flexibility index (Phi) is 5.16. The molecular formula is C15H22N4O2. The Hall–Kier alpha value is -2.08. The third-order valence-electron chi connectivity index (χ3n) is 3.55. The van der Waals surface area contributed by atoms with Gasteiger partial charge in [-0.1, -0.05) is 12.1 Å². The molecule has 0 radical (unpaired) electrons. The average molecular weight is 290 g/mol. The Morgan fingerprint density at radius 2 is 1.90 bits per heavy atom. The summed E-state index contributed by atoms with van der Waals surface area (Å²) in [7, 11) is 0. The van der Waals surface area contributed by atoms with Crippen molar-refractivity contribution < 1.29 is 9.59 Å². The van der Waals surface area contributed by atoms with E-state index in [1.165, 1.54) is 0 Å². The lowest BCUT2D eigenvalue weighted by Gasteiger charge is -2.23. The fraction of sp³-hybridized carbons (Fsp3) is 0.467. The molecule has 1 aromatic rings. The van der Waals surface area contributed by atoms with Crippen LogP contribution in [0.15, 0.2) is 24.3 Å². The quantitative estimate of drug-likeness (QED) is 0.731. The van der Waals surface area contributed by atoms with E-state index in [1.807, 2.05) is 23.1 Å². The van der Waals surface area contributed by atoms with Gasteiger partial charge in [-0.05, 0) is 30.5 Å². The SMILES string of the molecule is NC(=O)CN(CC(=O)N1CCCC1)Cc1cccc(N)c1. The highest BCUT2D eigenvalue weighted by atomic mass is 16.2. The summed E-state index contributed by atoms with van der Waals surface area (Å²) in [4.78, 5) is 27.0. The first-order valence-corrected chi connectivity index (χ1v) is 7.17. The van der Waals surface area contributed by atoms with E-state index in [1.54, 1.807) is 11.0 Å². The Bertz CT molecular complexity index is 512. The fourth-order valence-corrected chi connectivity index (χ4v) is 2.60. The number of nitrogens with two attached hydrogens (primary N) is 2. The monoisotopic (exact) mass is 290 g/mol. The number of carbonyl (C=O) groups is 2. The van der Waals surface area contributed by atoms with Crippen LogP contribution in [0.2, 0.25) is 0 Å². The summed E-state index contributed by atoms with van der Waals surface area (Å²) in [5.41, 5.74) is 12.7. The Balaban J connectivity index is 1.99. The van der Waals surface area contributed by atoms with Gasteiger partial charge in [0.05, 0.1) is 13.1 Å². The van der Waals surface area contributed by atoms with Crippen LogP contribution in [0.25, 0.3) is 0 Å². The number of hydrogen-bond acceptors (Lipinski definition) is 4. The van der Waals surface area contributed by atoms with Gasteiger partial charge < -0.3 is 16.4 Å². The zero-order chi connectivity index (χ0) is 15.2.